The van der Waals surface area contributed by atoms with Crippen LogP contribution in [0.1, 0.15) is 41.8 Å². The molecule has 0 aliphatic carbocycles. The molecule has 0 heterocycles. The minimum absolute atomic E-state index is 0.248. The molecule has 2 rings (SSSR count). The molecule has 1 amide bonds. The molecular formula is C21H25BrN2O2S. The van der Waals surface area contributed by atoms with Gasteiger partial charge in [-0.25, -0.2) is 0 Å². The normalized spacial score (nSPS) is 10.6. The van der Waals surface area contributed by atoms with Crippen LogP contribution in [0.2, 0.25) is 0 Å². The van der Waals surface area contributed by atoms with Gasteiger partial charge in [-0.05, 0) is 79.9 Å². The van der Waals surface area contributed by atoms with Crippen LogP contribution in [0.15, 0.2) is 40.9 Å². The Balaban J connectivity index is 2.07. The molecule has 0 atom stereocenters. The number of rotatable bonds is 6. The third-order valence-corrected chi connectivity index (χ3v) is 4.54. The van der Waals surface area contributed by atoms with E-state index >= 15 is 0 Å². The summed E-state index contributed by atoms with van der Waals surface area (Å²) in [5.74, 6) is 0.774. The number of amides is 1. The number of nitrogens with one attached hydrogen (secondary N) is 2. The van der Waals surface area contributed by atoms with Gasteiger partial charge in [-0.1, -0.05) is 35.8 Å². The van der Waals surface area contributed by atoms with Gasteiger partial charge in [0.2, 0.25) is 0 Å². The van der Waals surface area contributed by atoms with Gasteiger partial charge >= 0.3 is 0 Å². The summed E-state index contributed by atoms with van der Waals surface area (Å²) in [5.41, 5.74) is 3.54. The van der Waals surface area contributed by atoms with Crippen molar-refractivity contribution in [3.8, 4) is 5.75 Å². The standard InChI is InChI=1S/C21H25BrN2O2S/c1-13(2)7-8-26-19-6-5-16(22)12-18(19)20(25)24-21(27)23-17-10-14(3)9-15(4)11-17/h5-6,9-13H,7-8H2,1-4H3,(H2,23,24,25,27). The van der Waals surface area contributed by atoms with Gasteiger partial charge < -0.3 is 10.1 Å². The van der Waals surface area contributed by atoms with E-state index in [-0.39, 0.29) is 11.0 Å². The van der Waals surface area contributed by atoms with Crippen LogP contribution in [0.4, 0.5) is 5.69 Å². The predicted octanol–water partition coefficient (Wildman–Crippen LogP) is 5.62. The Labute approximate surface area is 174 Å². The van der Waals surface area contributed by atoms with E-state index in [1.54, 1.807) is 12.1 Å². The Bertz CT molecular complexity index is 817. The number of hydrogen-bond acceptors (Lipinski definition) is 3. The molecule has 0 saturated carbocycles. The number of carbonyl (C=O) groups excluding carboxylic acids is 1. The fourth-order valence-electron chi connectivity index (χ4n) is 2.59. The summed E-state index contributed by atoms with van der Waals surface area (Å²) >= 11 is 8.71. The quantitative estimate of drug-likeness (QED) is 0.563. The summed E-state index contributed by atoms with van der Waals surface area (Å²) in [7, 11) is 0. The number of carbonyl (C=O) groups is 1. The van der Waals surface area contributed by atoms with Crippen molar-refractivity contribution in [1.29, 1.82) is 0 Å². The highest BCUT2D eigenvalue weighted by Crippen LogP contribution is 2.24. The lowest BCUT2D eigenvalue weighted by atomic mass is 10.1. The van der Waals surface area contributed by atoms with E-state index in [4.69, 9.17) is 17.0 Å². The fourth-order valence-corrected chi connectivity index (χ4v) is 3.16. The first-order valence-electron chi connectivity index (χ1n) is 8.87. The van der Waals surface area contributed by atoms with Crippen molar-refractivity contribution in [2.24, 2.45) is 5.92 Å². The monoisotopic (exact) mass is 448 g/mol. The van der Waals surface area contributed by atoms with Gasteiger partial charge in [0.1, 0.15) is 5.75 Å². The van der Waals surface area contributed by atoms with E-state index in [9.17, 15) is 4.79 Å². The number of anilines is 1. The smallest absolute Gasteiger partial charge is 0.261 e. The molecule has 27 heavy (non-hydrogen) atoms. The molecule has 144 valence electrons. The van der Waals surface area contributed by atoms with Crippen molar-refractivity contribution >= 4 is 44.9 Å². The highest BCUT2D eigenvalue weighted by Gasteiger charge is 2.15. The van der Waals surface area contributed by atoms with Gasteiger partial charge in [-0.3, -0.25) is 10.1 Å². The Hall–Kier alpha value is -1.92. The zero-order valence-electron chi connectivity index (χ0n) is 16.1. The molecule has 0 aliphatic rings. The summed E-state index contributed by atoms with van der Waals surface area (Å²) in [6, 6.07) is 11.4. The largest absolute Gasteiger partial charge is 0.493 e. The van der Waals surface area contributed by atoms with Gasteiger partial charge in [-0.2, -0.15) is 0 Å². The zero-order valence-corrected chi connectivity index (χ0v) is 18.5. The number of aryl methyl sites for hydroxylation is 2. The lowest BCUT2D eigenvalue weighted by Crippen LogP contribution is -2.34. The highest BCUT2D eigenvalue weighted by atomic mass is 79.9. The Morgan fingerprint density at radius 3 is 2.44 bits per heavy atom. The first-order valence-corrected chi connectivity index (χ1v) is 10.1. The van der Waals surface area contributed by atoms with Crippen molar-refractivity contribution < 1.29 is 9.53 Å². The van der Waals surface area contributed by atoms with Crippen LogP contribution in [0, 0.1) is 19.8 Å². The van der Waals surface area contributed by atoms with Crippen molar-refractivity contribution in [3.05, 3.63) is 57.6 Å². The number of hydrogen-bond donors (Lipinski definition) is 2. The number of thiocarbonyl (C=S) groups is 1. The summed E-state index contributed by atoms with van der Waals surface area (Å²) < 4.78 is 6.61. The Kier molecular flexibility index (Phi) is 7.80. The molecule has 2 N–H and O–H groups in total. The average Bonchev–Trinajstić information content (AvgIpc) is 2.54. The average molecular weight is 449 g/mol. The molecule has 0 aromatic heterocycles. The van der Waals surface area contributed by atoms with Crippen LogP contribution in [-0.4, -0.2) is 17.6 Å². The molecule has 0 aliphatic heterocycles. The van der Waals surface area contributed by atoms with Crippen LogP contribution in [0.5, 0.6) is 5.75 Å². The zero-order chi connectivity index (χ0) is 20.0. The van der Waals surface area contributed by atoms with Crippen molar-refractivity contribution in [1.82, 2.24) is 5.32 Å². The minimum atomic E-state index is -0.308. The molecular weight excluding hydrogens is 424 g/mol. The number of ether oxygens (including phenoxy) is 1. The van der Waals surface area contributed by atoms with Crippen molar-refractivity contribution in [2.45, 2.75) is 34.1 Å². The lowest BCUT2D eigenvalue weighted by molar-refractivity contribution is 0.0973. The van der Waals surface area contributed by atoms with E-state index in [2.05, 4.69) is 46.5 Å². The second-order valence-corrected chi connectivity index (χ2v) is 8.28. The molecule has 0 unspecified atom stereocenters. The summed E-state index contributed by atoms with van der Waals surface area (Å²) in [5, 5.41) is 6.04. The third kappa shape index (κ3) is 6.96. The molecule has 2 aromatic rings. The SMILES string of the molecule is Cc1cc(C)cc(NC(=S)NC(=O)c2cc(Br)ccc2OCCC(C)C)c1. The molecule has 2 aromatic carbocycles. The maximum Gasteiger partial charge on any atom is 0.261 e. The van der Waals surface area contributed by atoms with Crippen LogP contribution in [-0.2, 0) is 0 Å². The van der Waals surface area contributed by atoms with E-state index < -0.39 is 0 Å². The Morgan fingerprint density at radius 2 is 1.81 bits per heavy atom. The van der Waals surface area contributed by atoms with Crippen molar-refractivity contribution in [2.75, 3.05) is 11.9 Å². The molecule has 6 heteroatoms. The third-order valence-electron chi connectivity index (χ3n) is 3.85. The number of halogens is 1. The highest BCUT2D eigenvalue weighted by molar-refractivity contribution is 9.10. The maximum absolute atomic E-state index is 12.7. The molecule has 0 saturated heterocycles. The predicted molar refractivity (Wildman–Crippen MR) is 119 cm³/mol. The summed E-state index contributed by atoms with van der Waals surface area (Å²) in [4.78, 5) is 12.7. The van der Waals surface area contributed by atoms with Crippen LogP contribution in [0.25, 0.3) is 0 Å². The van der Waals surface area contributed by atoms with Gasteiger partial charge in [0, 0.05) is 10.2 Å². The van der Waals surface area contributed by atoms with Crippen LogP contribution >= 0.6 is 28.1 Å². The molecule has 0 bridgehead atoms. The molecule has 0 fully saturated rings. The minimum Gasteiger partial charge on any atom is -0.493 e. The van der Waals surface area contributed by atoms with Crippen molar-refractivity contribution in [3.63, 3.8) is 0 Å². The second kappa shape index (κ2) is 9.85. The number of benzene rings is 2. The second-order valence-electron chi connectivity index (χ2n) is 6.96. The van der Waals surface area contributed by atoms with E-state index in [1.165, 1.54) is 0 Å². The topological polar surface area (TPSA) is 50.4 Å². The first kappa shape index (κ1) is 21.4. The maximum atomic E-state index is 12.7. The Morgan fingerprint density at radius 1 is 1.15 bits per heavy atom. The van der Waals surface area contributed by atoms with Gasteiger partial charge in [0.25, 0.3) is 5.91 Å². The molecule has 0 radical (unpaired) electrons. The lowest BCUT2D eigenvalue weighted by Gasteiger charge is -2.14. The van der Waals surface area contributed by atoms with E-state index in [0.717, 1.165) is 27.7 Å². The van der Waals surface area contributed by atoms with Crippen LogP contribution < -0.4 is 15.4 Å². The summed E-state index contributed by atoms with van der Waals surface area (Å²) in [6.07, 6.45) is 0.920. The van der Waals surface area contributed by atoms with E-state index in [1.807, 2.05) is 32.0 Å². The first-order chi connectivity index (χ1) is 12.7. The van der Waals surface area contributed by atoms with E-state index in [0.29, 0.717) is 23.8 Å². The van der Waals surface area contributed by atoms with Gasteiger partial charge in [0.05, 0.1) is 12.2 Å². The van der Waals surface area contributed by atoms with Gasteiger partial charge in [0.15, 0.2) is 5.11 Å². The molecule has 0 spiro atoms. The van der Waals surface area contributed by atoms with Gasteiger partial charge in [-0.15, -0.1) is 0 Å². The summed E-state index contributed by atoms with van der Waals surface area (Å²) in [6.45, 7) is 8.86. The fraction of sp³-hybridized carbons (Fsp3) is 0.333. The molecule has 4 nitrogen and oxygen atoms in total. The van der Waals surface area contributed by atoms with Crippen LogP contribution in [0.3, 0.4) is 0 Å².